The Morgan fingerprint density at radius 3 is 2.11 bits per heavy atom. The second kappa shape index (κ2) is 7.96. The maximum Gasteiger partial charge on any atom is 0.343 e. The third kappa shape index (κ3) is 3.34. The molecule has 2 aromatic carbocycles. The zero-order chi connectivity index (χ0) is 20.3. The van der Waals surface area contributed by atoms with Crippen molar-refractivity contribution in [2.75, 3.05) is 14.2 Å². The molecule has 3 rings (SSSR count). The van der Waals surface area contributed by atoms with Crippen LogP contribution in [0.4, 0.5) is 0 Å². The van der Waals surface area contributed by atoms with E-state index in [-0.39, 0.29) is 22.3 Å². The summed E-state index contributed by atoms with van der Waals surface area (Å²) >= 11 is 0. The molecular formula is C21H18O7. The Balaban J connectivity index is 2.35. The lowest BCUT2D eigenvalue weighted by Gasteiger charge is -2.24. The van der Waals surface area contributed by atoms with Crippen molar-refractivity contribution in [3.8, 4) is 5.75 Å². The molecule has 0 saturated heterocycles. The summed E-state index contributed by atoms with van der Waals surface area (Å²) in [6.07, 6.45) is 0. The number of ether oxygens (including phenoxy) is 2. The average Bonchev–Trinajstić information content (AvgIpc) is 2.72. The number of carbonyl (C=O) groups is 2. The summed E-state index contributed by atoms with van der Waals surface area (Å²) in [4.78, 5) is 37.7. The lowest BCUT2D eigenvalue weighted by molar-refractivity contribution is -0.159. The number of benzene rings is 2. The molecule has 0 spiro atoms. The van der Waals surface area contributed by atoms with Crippen LogP contribution in [0.15, 0.2) is 63.8 Å². The molecule has 0 aliphatic rings. The molecule has 0 bridgehead atoms. The first-order chi connectivity index (χ1) is 13.5. The van der Waals surface area contributed by atoms with Crippen molar-refractivity contribution in [2.45, 2.75) is 5.92 Å². The maximum absolute atomic E-state index is 12.8. The smallest absolute Gasteiger partial charge is 0.343 e. The minimum Gasteiger partial charge on any atom is -0.507 e. The Morgan fingerprint density at radius 1 is 0.929 bits per heavy atom. The van der Waals surface area contributed by atoms with Crippen LogP contribution in [0.1, 0.15) is 17.0 Å². The first kappa shape index (κ1) is 19.2. The molecule has 0 aliphatic carbocycles. The Kier molecular flexibility index (Phi) is 5.44. The number of aromatic hydroxyl groups is 1. The molecule has 28 heavy (non-hydrogen) atoms. The normalized spacial score (nSPS) is 12.0. The van der Waals surface area contributed by atoms with Gasteiger partial charge in [0, 0.05) is 5.92 Å². The van der Waals surface area contributed by atoms with Crippen LogP contribution >= 0.6 is 0 Å². The van der Waals surface area contributed by atoms with Gasteiger partial charge in [0.15, 0.2) is 5.92 Å². The minimum absolute atomic E-state index is 0.188. The molecule has 1 heterocycles. The zero-order valence-electron chi connectivity index (χ0n) is 15.2. The van der Waals surface area contributed by atoms with Gasteiger partial charge >= 0.3 is 17.6 Å². The second-order valence-corrected chi connectivity index (χ2v) is 6.06. The molecule has 0 amide bonds. The van der Waals surface area contributed by atoms with Crippen molar-refractivity contribution < 1.29 is 28.6 Å². The molecule has 7 nitrogen and oxygen atoms in total. The van der Waals surface area contributed by atoms with E-state index in [9.17, 15) is 19.5 Å². The number of hydrogen-bond acceptors (Lipinski definition) is 7. The number of hydrogen-bond donors (Lipinski definition) is 1. The Labute approximate surface area is 160 Å². The largest absolute Gasteiger partial charge is 0.507 e. The predicted octanol–water partition coefficient (Wildman–Crippen LogP) is 2.59. The first-order valence-electron chi connectivity index (χ1n) is 8.45. The fraction of sp³-hybridized carbons (Fsp3) is 0.190. The monoisotopic (exact) mass is 382 g/mol. The third-order valence-electron chi connectivity index (χ3n) is 4.53. The van der Waals surface area contributed by atoms with Gasteiger partial charge in [0.05, 0.1) is 25.2 Å². The van der Waals surface area contributed by atoms with Crippen molar-refractivity contribution in [1.82, 2.24) is 0 Å². The van der Waals surface area contributed by atoms with Gasteiger partial charge in [-0.2, -0.15) is 0 Å². The highest BCUT2D eigenvalue weighted by molar-refractivity contribution is 5.97. The number of para-hydroxylation sites is 1. The molecule has 7 heteroatoms. The van der Waals surface area contributed by atoms with E-state index >= 15 is 0 Å². The van der Waals surface area contributed by atoms with Gasteiger partial charge in [-0.05, 0) is 17.7 Å². The van der Waals surface area contributed by atoms with Gasteiger partial charge in [0.25, 0.3) is 0 Å². The number of fused-ring (bicyclic) bond motifs is 1. The predicted molar refractivity (Wildman–Crippen MR) is 100.0 cm³/mol. The van der Waals surface area contributed by atoms with Gasteiger partial charge in [-0.25, -0.2) is 4.79 Å². The highest BCUT2D eigenvalue weighted by Gasteiger charge is 2.42. The molecule has 1 unspecified atom stereocenters. The van der Waals surface area contributed by atoms with Crippen LogP contribution in [0.5, 0.6) is 5.75 Å². The van der Waals surface area contributed by atoms with Gasteiger partial charge in [0.1, 0.15) is 11.3 Å². The lowest BCUT2D eigenvalue weighted by Crippen LogP contribution is -2.35. The minimum atomic E-state index is -1.51. The van der Waals surface area contributed by atoms with Gasteiger partial charge in [-0.3, -0.25) is 9.59 Å². The highest BCUT2D eigenvalue weighted by Crippen LogP contribution is 2.39. The maximum atomic E-state index is 12.8. The van der Waals surface area contributed by atoms with Crippen LogP contribution in [0.2, 0.25) is 0 Å². The van der Waals surface area contributed by atoms with Crippen LogP contribution in [0, 0.1) is 5.92 Å². The third-order valence-corrected chi connectivity index (χ3v) is 4.53. The van der Waals surface area contributed by atoms with E-state index in [1.54, 1.807) is 48.5 Å². The van der Waals surface area contributed by atoms with E-state index in [1.807, 2.05) is 0 Å². The first-order valence-corrected chi connectivity index (χ1v) is 8.45. The van der Waals surface area contributed by atoms with Crippen LogP contribution in [-0.2, 0) is 19.1 Å². The lowest BCUT2D eigenvalue weighted by atomic mass is 9.80. The fourth-order valence-corrected chi connectivity index (χ4v) is 3.23. The molecule has 1 aromatic heterocycles. The topological polar surface area (TPSA) is 103 Å². The number of rotatable bonds is 5. The van der Waals surface area contributed by atoms with E-state index in [0.29, 0.717) is 5.56 Å². The summed E-state index contributed by atoms with van der Waals surface area (Å²) in [5, 5.41) is 11.1. The Bertz CT molecular complexity index is 1050. The quantitative estimate of drug-likeness (QED) is 0.411. The van der Waals surface area contributed by atoms with Crippen LogP contribution < -0.4 is 5.63 Å². The van der Waals surface area contributed by atoms with Crippen molar-refractivity contribution in [1.29, 1.82) is 0 Å². The van der Waals surface area contributed by atoms with E-state index < -0.39 is 29.4 Å². The van der Waals surface area contributed by atoms with Gasteiger partial charge < -0.3 is 19.0 Å². The van der Waals surface area contributed by atoms with Crippen molar-refractivity contribution in [3.63, 3.8) is 0 Å². The van der Waals surface area contributed by atoms with Crippen LogP contribution in [0.3, 0.4) is 0 Å². The molecule has 0 radical (unpaired) electrons. The Morgan fingerprint density at radius 2 is 1.50 bits per heavy atom. The van der Waals surface area contributed by atoms with Gasteiger partial charge in [0.2, 0.25) is 0 Å². The van der Waals surface area contributed by atoms with E-state index in [1.165, 1.54) is 6.07 Å². The van der Waals surface area contributed by atoms with Crippen LogP contribution in [0.25, 0.3) is 11.0 Å². The SMILES string of the molecule is COC(=O)C(C(=O)OC)C(c1ccccc1)c1c(O)c2ccccc2oc1=O. The molecule has 1 atom stereocenters. The highest BCUT2D eigenvalue weighted by atomic mass is 16.5. The van der Waals surface area contributed by atoms with E-state index in [4.69, 9.17) is 13.9 Å². The average molecular weight is 382 g/mol. The molecule has 0 saturated carbocycles. The molecule has 3 aromatic rings. The summed E-state index contributed by atoms with van der Waals surface area (Å²) in [5.41, 5.74) is -0.442. The van der Waals surface area contributed by atoms with Crippen molar-refractivity contribution in [2.24, 2.45) is 5.92 Å². The fourth-order valence-electron chi connectivity index (χ4n) is 3.23. The van der Waals surface area contributed by atoms with E-state index in [2.05, 4.69) is 0 Å². The molecular weight excluding hydrogens is 364 g/mol. The molecule has 1 N–H and O–H groups in total. The number of esters is 2. The summed E-state index contributed by atoms with van der Waals surface area (Å²) in [7, 11) is 2.26. The molecule has 0 fully saturated rings. The number of carbonyl (C=O) groups excluding carboxylic acids is 2. The van der Waals surface area contributed by atoms with Gasteiger partial charge in [-0.1, -0.05) is 42.5 Å². The van der Waals surface area contributed by atoms with Gasteiger partial charge in [-0.15, -0.1) is 0 Å². The second-order valence-electron chi connectivity index (χ2n) is 6.06. The van der Waals surface area contributed by atoms with E-state index in [0.717, 1.165) is 14.2 Å². The summed E-state index contributed by atoms with van der Waals surface area (Å²) in [5.74, 6) is -4.83. The standard InChI is InChI=1S/C21H18O7/c1-26-19(23)17(20(24)27-2)15(12-8-4-3-5-9-12)16-18(22)13-10-6-7-11-14(13)28-21(16)25/h3-11,15,17,22H,1-2H3. The van der Waals surface area contributed by atoms with Crippen molar-refractivity contribution in [3.05, 3.63) is 76.1 Å². The summed E-state index contributed by atoms with van der Waals surface area (Å²) < 4.78 is 14.9. The zero-order valence-corrected chi connectivity index (χ0v) is 15.2. The number of methoxy groups -OCH3 is 2. The van der Waals surface area contributed by atoms with Crippen LogP contribution in [-0.4, -0.2) is 31.3 Å². The summed E-state index contributed by atoms with van der Waals surface area (Å²) in [6, 6.07) is 14.8. The summed E-state index contributed by atoms with van der Waals surface area (Å²) in [6.45, 7) is 0. The Hall–Kier alpha value is -3.61. The molecule has 0 aliphatic heterocycles. The van der Waals surface area contributed by atoms with Crippen molar-refractivity contribution >= 4 is 22.9 Å². The molecule has 144 valence electrons.